The topological polar surface area (TPSA) is 80.0 Å². The van der Waals surface area contributed by atoms with Gasteiger partial charge in [0.05, 0.1) is 0 Å². The van der Waals surface area contributed by atoms with Gasteiger partial charge < -0.3 is 20.7 Å². The van der Waals surface area contributed by atoms with Crippen LogP contribution in [0.5, 0.6) is 0 Å². The van der Waals surface area contributed by atoms with E-state index in [-0.39, 0.29) is 12.1 Å². The molecule has 1 rings (SSSR count). The predicted molar refractivity (Wildman–Crippen MR) is 105 cm³/mol. The van der Waals surface area contributed by atoms with E-state index in [1.165, 1.54) is 4.88 Å². The van der Waals surface area contributed by atoms with E-state index in [1.807, 2.05) is 40.7 Å². The zero-order valence-corrected chi connectivity index (χ0v) is 16.9. The molecule has 7 heteroatoms. The van der Waals surface area contributed by atoms with Crippen molar-refractivity contribution in [3.05, 3.63) is 22.4 Å². The number of ether oxygens (including phenoxy) is 1. The van der Waals surface area contributed by atoms with Crippen LogP contribution in [0.2, 0.25) is 0 Å². The highest BCUT2D eigenvalue weighted by molar-refractivity contribution is 7.09. The second-order valence-corrected chi connectivity index (χ2v) is 8.18. The fourth-order valence-electron chi connectivity index (χ4n) is 2.15. The minimum absolute atomic E-state index is 0.0834. The molecule has 3 N–H and O–H groups in total. The zero-order valence-electron chi connectivity index (χ0n) is 16.0. The van der Waals surface area contributed by atoms with Gasteiger partial charge in [-0.05, 0) is 58.9 Å². The molecule has 1 aromatic rings. The molecule has 142 valence electrons. The predicted octanol–water partition coefficient (Wildman–Crippen LogP) is 3.23. The lowest BCUT2D eigenvalue weighted by Crippen LogP contribution is -2.41. The minimum Gasteiger partial charge on any atom is -0.444 e. The Balaban J connectivity index is 2.31. The summed E-state index contributed by atoms with van der Waals surface area (Å²) in [4.78, 5) is 19.6. The summed E-state index contributed by atoms with van der Waals surface area (Å²) >= 11 is 1.74. The molecule has 0 aliphatic rings. The highest BCUT2D eigenvalue weighted by atomic mass is 32.1. The number of nitrogens with one attached hydrogen (secondary N) is 1. The summed E-state index contributed by atoms with van der Waals surface area (Å²) in [6.07, 6.45) is 1.40. The Morgan fingerprint density at radius 1 is 1.44 bits per heavy atom. The number of aliphatic imine (C=N–C) groups is 1. The van der Waals surface area contributed by atoms with Gasteiger partial charge in [0, 0.05) is 30.6 Å². The second-order valence-electron chi connectivity index (χ2n) is 7.14. The number of carbonyl (C=O) groups excluding carboxylic acids is 1. The lowest BCUT2D eigenvalue weighted by atomic mass is 10.2. The second kappa shape index (κ2) is 10.3. The van der Waals surface area contributed by atoms with Crippen molar-refractivity contribution in [1.82, 2.24) is 10.2 Å². The van der Waals surface area contributed by atoms with Crippen LogP contribution in [-0.2, 0) is 11.2 Å². The van der Waals surface area contributed by atoms with Crippen LogP contribution in [0.25, 0.3) is 0 Å². The Bertz CT molecular complexity index is 536. The molecule has 0 radical (unpaired) electrons. The summed E-state index contributed by atoms with van der Waals surface area (Å²) in [7, 11) is 0. The molecule has 0 aliphatic carbocycles. The van der Waals surface area contributed by atoms with Crippen molar-refractivity contribution >= 4 is 23.4 Å². The van der Waals surface area contributed by atoms with Gasteiger partial charge in [-0.3, -0.25) is 4.99 Å². The Morgan fingerprint density at radius 3 is 2.72 bits per heavy atom. The summed E-state index contributed by atoms with van der Waals surface area (Å²) in [6.45, 7) is 11.5. The van der Waals surface area contributed by atoms with Crippen LogP contribution >= 0.6 is 11.3 Å². The normalized spacial score (nSPS) is 12.3. The van der Waals surface area contributed by atoms with Crippen LogP contribution in [0.4, 0.5) is 4.79 Å². The van der Waals surface area contributed by atoms with Crippen LogP contribution in [0, 0.1) is 0 Å². The maximum Gasteiger partial charge on any atom is 0.410 e. The molecule has 25 heavy (non-hydrogen) atoms. The van der Waals surface area contributed by atoms with Gasteiger partial charge in [-0.25, -0.2) is 4.79 Å². The smallest absolute Gasteiger partial charge is 0.410 e. The summed E-state index contributed by atoms with van der Waals surface area (Å²) in [5, 5.41) is 5.18. The van der Waals surface area contributed by atoms with Crippen molar-refractivity contribution in [2.45, 2.75) is 59.1 Å². The molecule has 0 spiro atoms. The summed E-state index contributed by atoms with van der Waals surface area (Å²) in [6, 6.07) is 4.24. The Kier molecular flexibility index (Phi) is 8.75. The number of rotatable bonds is 8. The van der Waals surface area contributed by atoms with Crippen LogP contribution in [0.15, 0.2) is 22.5 Å². The average molecular weight is 369 g/mol. The van der Waals surface area contributed by atoms with Crippen LogP contribution in [0.1, 0.15) is 45.9 Å². The first kappa shape index (κ1) is 21.3. The van der Waals surface area contributed by atoms with E-state index in [2.05, 4.69) is 21.8 Å². The van der Waals surface area contributed by atoms with Crippen LogP contribution in [0.3, 0.4) is 0 Å². The Morgan fingerprint density at radius 2 is 2.16 bits per heavy atom. The number of amides is 1. The molecule has 6 nitrogen and oxygen atoms in total. The average Bonchev–Trinajstić information content (AvgIpc) is 2.98. The quantitative estimate of drug-likeness (QED) is 0.419. The number of guanidine groups is 1. The van der Waals surface area contributed by atoms with Gasteiger partial charge in [0.2, 0.25) is 0 Å². The maximum absolute atomic E-state index is 12.2. The molecule has 0 bridgehead atoms. The van der Waals surface area contributed by atoms with Gasteiger partial charge in [0.15, 0.2) is 5.96 Å². The van der Waals surface area contributed by atoms with E-state index in [1.54, 1.807) is 16.2 Å². The molecule has 1 amide bonds. The van der Waals surface area contributed by atoms with Crippen molar-refractivity contribution in [2.24, 2.45) is 10.7 Å². The molecule has 1 aromatic heterocycles. The van der Waals surface area contributed by atoms with Gasteiger partial charge in [0.25, 0.3) is 0 Å². The highest BCUT2D eigenvalue weighted by Gasteiger charge is 2.23. The molecule has 0 saturated carbocycles. The van der Waals surface area contributed by atoms with E-state index < -0.39 is 5.60 Å². The molecule has 0 atom stereocenters. The lowest BCUT2D eigenvalue weighted by Gasteiger charge is -2.30. The molecular formula is C18H32N4O2S. The monoisotopic (exact) mass is 368 g/mol. The van der Waals surface area contributed by atoms with Gasteiger partial charge in [0.1, 0.15) is 5.60 Å². The fraction of sp³-hybridized carbons (Fsp3) is 0.667. The first-order valence-electron chi connectivity index (χ1n) is 8.75. The van der Waals surface area contributed by atoms with Gasteiger partial charge in [-0.15, -0.1) is 11.3 Å². The number of hydrogen-bond acceptors (Lipinski definition) is 4. The lowest BCUT2D eigenvalue weighted by molar-refractivity contribution is 0.0190. The number of hydrogen-bond donors (Lipinski definition) is 2. The third-order valence-corrected chi connectivity index (χ3v) is 4.28. The van der Waals surface area contributed by atoms with E-state index in [4.69, 9.17) is 10.5 Å². The number of nitrogens with two attached hydrogens (primary N) is 1. The molecule has 0 saturated heterocycles. The van der Waals surface area contributed by atoms with Crippen molar-refractivity contribution in [3.63, 3.8) is 0 Å². The third kappa shape index (κ3) is 9.34. The maximum atomic E-state index is 12.2. The molecule has 0 aromatic carbocycles. The summed E-state index contributed by atoms with van der Waals surface area (Å²) in [5.74, 6) is 0.449. The van der Waals surface area contributed by atoms with Gasteiger partial charge >= 0.3 is 6.09 Å². The van der Waals surface area contributed by atoms with Gasteiger partial charge in [-0.2, -0.15) is 0 Å². The van der Waals surface area contributed by atoms with Crippen molar-refractivity contribution in [1.29, 1.82) is 0 Å². The van der Waals surface area contributed by atoms with Crippen molar-refractivity contribution in [2.75, 3.05) is 19.6 Å². The van der Waals surface area contributed by atoms with E-state index >= 15 is 0 Å². The number of carbonyl (C=O) groups is 1. The highest BCUT2D eigenvalue weighted by Crippen LogP contribution is 2.12. The fourth-order valence-corrected chi connectivity index (χ4v) is 2.85. The van der Waals surface area contributed by atoms with Crippen molar-refractivity contribution in [3.8, 4) is 0 Å². The number of thiophene rings is 1. The SMILES string of the molecule is CC(C)N(CCCN=C(N)NCCc1cccs1)C(=O)OC(C)(C)C. The molecule has 1 heterocycles. The Hall–Kier alpha value is -1.76. The van der Waals surface area contributed by atoms with E-state index in [9.17, 15) is 4.79 Å². The summed E-state index contributed by atoms with van der Waals surface area (Å²) < 4.78 is 5.44. The molecule has 0 aliphatic heterocycles. The zero-order chi connectivity index (χ0) is 18.9. The van der Waals surface area contributed by atoms with Crippen LogP contribution < -0.4 is 11.1 Å². The standard InChI is InChI=1S/C18H32N4O2S/c1-14(2)22(17(23)24-18(3,4)5)12-7-10-20-16(19)21-11-9-15-8-6-13-25-15/h6,8,13-14H,7,9-12H2,1-5H3,(H3,19,20,21). The summed E-state index contributed by atoms with van der Waals surface area (Å²) in [5.41, 5.74) is 5.38. The molecule has 0 unspecified atom stereocenters. The first-order valence-corrected chi connectivity index (χ1v) is 9.63. The Labute approximate surface area is 155 Å². The van der Waals surface area contributed by atoms with E-state index in [0.29, 0.717) is 19.0 Å². The third-order valence-electron chi connectivity index (χ3n) is 3.35. The van der Waals surface area contributed by atoms with Crippen LogP contribution in [-0.4, -0.2) is 48.2 Å². The van der Waals surface area contributed by atoms with Gasteiger partial charge in [-0.1, -0.05) is 6.07 Å². The van der Waals surface area contributed by atoms with E-state index in [0.717, 1.165) is 19.4 Å². The van der Waals surface area contributed by atoms with Crippen molar-refractivity contribution < 1.29 is 9.53 Å². The minimum atomic E-state index is -0.487. The first-order chi connectivity index (χ1) is 11.7. The molecular weight excluding hydrogens is 336 g/mol. The number of nitrogens with zero attached hydrogens (tertiary/aromatic N) is 2. The molecule has 0 fully saturated rings. The largest absolute Gasteiger partial charge is 0.444 e.